The topological polar surface area (TPSA) is 54.5 Å². The third-order valence-corrected chi connectivity index (χ3v) is 4.50. The van der Waals surface area contributed by atoms with Crippen LogP contribution in [0.4, 0.5) is 4.39 Å². The summed E-state index contributed by atoms with van der Waals surface area (Å²) in [7, 11) is -4.04. The summed E-state index contributed by atoms with van der Waals surface area (Å²) in [6.45, 7) is 1.91. The third-order valence-electron chi connectivity index (χ3n) is 2.68. The van der Waals surface area contributed by atoms with Gasteiger partial charge in [-0.25, -0.2) is 17.1 Å². The van der Waals surface area contributed by atoms with E-state index >= 15 is 0 Å². The number of halogens is 1. The van der Waals surface area contributed by atoms with Crippen LogP contribution in [-0.2, 0) is 14.8 Å². The molecule has 1 aliphatic heterocycles. The van der Waals surface area contributed by atoms with Crippen LogP contribution >= 0.6 is 0 Å². The van der Waals surface area contributed by atoms with Crippen molar-refractivity contribution >= 4 is 15.9 Å². The standard InChI is InChI=1S/C11H12FNO3S/c1-8-6-11(14)13(7-8)17(15,16)10-5-3-2-4-9(10)12/h2-5,8H,6-7H2,1H3. The van der Waals surface area contributed by atoms with Gasteiger partial charge in [-0.1, -0.05) is 19.1 Å². The van der Waals surface area contributed by atoms with Crippen LogP contribution in [-0.4, -0.2) is 25.2 Å². The van der Waals surface area contributed by atoms with Crippen molar-refractivity contribution in [1.82, 2.24) is 4.31 Å². The fourth-order valence-electron chi connectivity index (χ4n) is 1.85. The van der Waals surface area contributed by atoms with E-state index in [0.717, 1.165) is 10.4 Å². The number of carbonyl (C=O) groups is 1. The molecule has 1 unspecified atom stereocenters. The molecule has 0 aliphatic carbocycles. The summed E-state index contributed by atoms with van der Waals surface area (Å²) in [5, 5.41) is 0. The van der Waals surface area contributed by atoms with Crippen molar-refractivity contribution in [3.63, 3.8) is 0 Å². The van der Waals surface area contributed by atoms with Gasteiger partial charge in [0.25, 0.3) is 10.0 Å². The second kappa shape index (κ2) is 4.10. The van der Waals surface area contributed by atoms with Crippen molar-refractivity contribution in [2.75, 3.05) is 6.54 Å². The van der Waals surface area contributed by atoms with Gasteiger partial charge in [-0.15, -0.1) is 0 Å². The van der Waals surface area contributed by atoms with E-state index in [9.17, 15) is 17.6 Å². The highest BCUT2D eigenvalue weighted by atomic mass is 32.2. The van der Waals surface area contributed by atoms with E-state index in [1.807, 2.05) is 0 Å². The first kappa shape index (κ1) is 12.0. The number of rotatable bonds is 2. The van der Waals surface area contributed by atoms with Crippen LogP contribution in [0.2, 0.25) is 0 Å². The Morgan fingerprint density at radius 2 is 2.00 bits per heavy atom. The van der Waals surface area contributed by atoms with Crippen molar-refractivity contribution in [2.45, 2.75) is 18.2 Å². The van der Waals surface area contributed by atoms with Gasteiger partial charge in [-0.05, 0) is 18.1 Å². The molecule has 0 saturated carbocycles. The van der Waals surface area contributed by atoms with Crippen molar-refractivity contribution in [2.24, 2.45) is 5.92 Å². The Bertz CT molecular complexity index is 556. The van der Waals surface area contributed by atoms with Crippen molar-refractivity contribution in [1.29, 1.82) is 0 Å². The zero-order valence-corrected chi connectivity index (χ0v) is 10.1. The number of sulfonamides is 1. The van der Waals surface area contributed by atoms with Crippen LogP contribution in [0.25, 0.3) is 0 Å². The van der Waals surface area contributed by atoms with Crippen molar-refractivity contribution < 1.29 is 17.6 Å². The average Bonchev–Trinajstić information content (AvgIpc) is 2.59. The van der Waals surface area contributed by atoms with Crippen molar-refractivity contribution in [3.05, 3.63) is 30.1 Å². The minimum absolute atomic E-state index is 0.0240. The summed E-state index contributed by atoms with van der Waals surface area (Å²) in [6.07, 6.45) is 0.188. The van der Waals surface area contributed by atoms with Gasteiger partial charge in [0.05, 0.1) is 0 Å². The highest BCUT2D eigenvalue weighted by Crippen LogP contribution is 2.26. The molecule has 1 aromatic carbocycles. The van der Waals surface area contributed by atoms with Gasteiger partial charge >= 0.3 is 0 Å². The van der Waals surface area contributed by atoms with Gasteiger partial charge in [0, 0.05) is 13.0 Å². The van der Waals surface area contributed by atoms with Gasteiger partial charge in [0.2, 0.25) is 5.91 Å². The molecule has 92 valence electrons. The largest absolute Gasteiger partial charge is 0.274 e. The molecule has 1 aromatic rings. The van der Waals surface area contributed by atoms with Gasteiger partial charge < -0.3 is 0 Å². The van der Waals surface area contributed by atoms with Crippen LogP contribution < -0.4 is 0 Å². The molecule has 1 atom stereocenters. The molecule has 1 heterocycles. The molecule has 1 amide bonds. The molecule has 17 heavy (non-hydrogen) atoms. The Morgan fingerprint density at radius 3 is 2.53 bits per heavy atom. The molecule has 4 nitrogen and oxygen atoms in total. The van der Waals surface area contributed by atoms with E-state index < -0.39 is 26.6 Å². The fraction of sp³-hybridized carbons (Fsp3) is 0.364. The van der Waals surface area contributed by atoms with E-state index in [0.29, 0.717) is 0 Å². The second-order valence-corrected chi connectivity index (χ2v) is 6.00. The Hall–Kier alpha value is -1.43. The summed E-state index contributed by atoms with van der Waals surface area (Å²) >= 11 is 0. The van der Waals surface area contributed by atoms with Crippen LogP contribution in [0.5, 0.6) is 0 Å². The fourth-order valence-corrected chi connectivity index (χ4v) is 3.45. The quantitative estimate of drug-likeness (QED) is 0.804. The number of carbonyl (C=O) groups excluding carboxylic acids is 1. The Morgan fingerprint density at radius 1 is 1.35 bits per heavy atom. The zero-order chi connectivity index (χ0) is 12.6. The summed E-state index contributed by atoms with van der Waals surface area (Å²) in [6, 6.07) is 5.07. The highest BCUT2D eigenvalue weighted by Gasteiger charge is 2.37. The average molecular weight is 257 g/mol. The Kier molecular flexibility index (Phi) is 2.91. The molecule has 1 saturated heterocycles. The summed E-state index contributed by atoms with van der Waals surface area (Å²) in [5.74, 6) is -1.33. The predicted molar refractivity (Wildman–Crippen MR) is 59.1 cm³/mol. The van der Waals surface area contributed by atoms with Crippen LogP contribution in [0.3, 0.4) is 0 Å². The maximum Gasteiger partial charge on any atom is 0.269 e. The minimum Gasteiger partial charge on any atom is -0.274 e. The SMILES string of the molecule is CC1CC(=O)N(S(=O)(=O)c2ccccc2F)C1. The Labute approximate surface area is 99.1 Å². The van der Waals surface area contributed by atoms with Crippen LogP contribution in [0, 0.1) is 11.7 Å². The highest BCUT2D eigenvalue weighted by molar-refractivity contribution is 7.89. The molecular formula is C11H12FNO3S. The van der Waals surface area contributed by atoms with Crippen molar-refractivity contribution in [3.8, 4) is 0 Å². The summed E-state index contributed by atoms with van der Waals surface area (Å²) < 4.78 is 38.4. The molecule has 0 spiro atoms. The van der Waals surface area contributed by atoms with E-state index in [2.05, 4.69) is 0 Å². The zero-order valence-electron chi connectivity index (χ0n) is 9.26. The normalized spacial score (nSPS) is 20.9. The lowest BCUT2D eigenvalue weighted by atomic mass is 10.2. The number of amides is 1. The van der Waals surface area contributed by atoms with E-state index in [4.69, 9.17) is 0 Å². The molecule has 1 aliphatic rings. The van der Waals surface area contributed by atoms with E-state index in [-0.39, 0.29) is 18.9 Å². The lowest BCUT2D eigenvalue weighted by molar-refractivity contribution is -0.123. The number of hydrogen-bond acceptors (Lipinski definition) is 3. The molecule has 0 N–H and O–H groups in total. The smallest absolute Gasteiger partial charge is 0.269 e. The van der Waals surface area contributed by atoms with Gasteiger partial charge in [-0.2, -0.15) is 0 Å². The molecular weight excluding hydrogens is 245 g/mol. The maximum atomic E-state index is 13.4. The number of hydrogen-bond donors (Lipinski definition) is 0. The first-order valence-corrected chi connectivity index (χ1v) is 6.67. The molecule has 0 aromatic heterocycles. The molecule has 0 bridgehead atoms. The van der Waals surface area contributed by atoms with Gasteiger partial charge in [0.1, 0.15) is 10.7 Å². The van der Waals surface area contributed by atoms with Crippen LogP contribution in [0.1, 0.15) is 13.3 Å². The summed E-state index contributed by atoms with van der Waals surface area (Å²) in [5.41, 5.74) is 0. The molecule has 6 heteroatoms. The number of nitrogens with zero attached hydrogens (tertiary/aromatic N) is 1. The predicted octanol–water partition coefficient (Wildman–Crippen LogP) is 1.38. The van der Waals surface area contributed by atoms with Gasteiger partial charge in [-0.3, -0.25) is 4.79 Å². The van der Waals surface area contributed by atoms with E-state index in [1.165, 1.54) is 18.2 Å². The molecule has 1 fully saturated rings. The molecule has 2 rings (SSSR count). The van der Waals surface area contributed by atoms with Gasteiger partial charge in [0.15, 0.2) is 0 Å². The summed E-state index contributed by atoms with van der Waals surface area (Å²) in [4.78, 5) is 11.1. The Balaban J connectivity index is 2.45. The first-order valence-electron chi connectivity index (χ1n) is 5.23. The molecule has 0 radical (unpaired) electrons. The maximum absolute atomic E-state index is 13.4. The first-order chi connectivity index (χ1) is 7.93. The second-order valence-electron chi connectivity index (χ2n) is 4.17. The number of benzene rings is 1. The van der Waals surface area contributed by atoms with E-state index in [1.54, 1.807) is 6.92 Å². The minimum atomic E-state index is -4.04. The lowest BCUT2D eigenvalue weighted by Gasteiger charge is -2.16. The lowest BCUT2D eigenvalue weighted by Crippen LogP contribution is -2.32. The third kappa shape index (κ3) is 2.04. The monoisotopic (exact) mass is 257 g/mol. The van der Waals surface area contributed by atoms with Crippen LogP contribution in [0.15, 0.2) is 29.2 Å².